The van der Waals surface area contributed by atoms with Gasteiger partial charge in [-0.2, -0.15) is 11.8 Å². The second-order valence-corrected chi connectivity index (χ2v) is 5.14. The zero-order chi connectivity index (χ0) is 9.68. The summed E-state index contributed by atoms with van der Waals surface area (Å²) in [4.78, 5) is 2.59. The lowest BCUT2D eigenvalue weighted by Crippen LogP contribution is -2.51. The van der Waals surface area contributed by atoms with Gasteiger partial charge in [0.05, 0.1) is 0 Å². The first kappa shape index (κ1) is 11.3. The largest absolute Gasteiger partial charge is 0.311 e. The van der Waals surface area contributed by atoms with Gasteiger partial charge < -0.3 is 5.32 Å². The summed E-state index contributed by atoms with van der Waals surface area (Å²) in [5.41, 5.74) is 0. The lowest BCUT2D eigenvalue weighted by Gasteiger charge is -2.34. The maximum atomic E-state index is 3.54. The normalized spacial score (nSPS) is 27.5. The Morgan fingerprint density at radius 3 is 3.00 bits per heavy atom. The summed E-state index contributed by atoms with van der Waals surface area (Å²) in [7, 11) is 0. The van der Waals surface area contributed by atoms with Crippen LogP contribution < -0.4 is 5.32 Å². The highest BCUT2D eigenvalue weighted by atomic mass is 32.2. The van der Waals surface area contributed by atoms with Gasteiger partial charge in [0.25, 0.3) is 0 Å². The van der Waals surface area contributed by atoms with E-state index in [-0.39, 0.29) is 0 Å². The molecule has 0 bridgehead atoms. The second-order valence-electron chi connectivity index (χ2n) is 3.87. The third-order valence-corrected chi connectivity index (χ3v) is 3.70. The van der Waals surface area contributed by atoms with Crippen LogP contribution in [-0.4, -0.2) is 48.6 Å². The lowest BCUT2D eigenvalue weighted by molar-refractivity contribution is 0.199. The molecule has 1 heterocycles. The summed E-state index contributed by atoms with van der Waals surface area (Å²) in [6, 6.07) is 0.725. The van der Waals surface area contributed by atoms with Crippen LogP contribution in [0.4, 0.5) is 0 Å². The minimum atomic E-state index is 0.725. The number of rotatable bonds is 4. The van der Waals surface area contributed by atoms with E-state index in [2.05, 4.69) is 30.3 Å². The zero-order valence-electron chi connectivity index (χ0n) is 9.05. The molecular formula is C10H22N2S. The molecule has 13 heavy (non-hydrogen) atoms. The van der Waals surface area contributed by atoms with Crippen LogP contribution in [-0.2, 0) is 0 Å². The van der Waals surface area contributed by atoms with Crippen molar-refractivity contribution >= 4 is 11.8 Å². The molecular weight excluding hydrogens is 180 g/mol. The highest BCUT2D eigenvalue weighted by Crippen LogP contribution is 2.09. The maximum Gasteiger partial charge on any atom is 0.0192 e. The molecule has 0 saturated carbocycles. The monoisotopic (exact) mass is 202 g/mol. The number of nitrogens with one attached hydrogen (secondary N) is 1. The van der Waals surface area contributed by atoms with Crippen LogP contribution in [0.2, 0.25) is 0 Å². The van der Waals surface area contributed by atoms with E-state index >= 15 is 0 Å². The maximum absolute atomic E-state index is 3.54. The van der Waals surface area contributed by atoms with Crippen molar-refractivity contribution in [3.63, 3.8) is 0 Å². The van der Waals surface area contributed by atoms with Gasteiger partial charge in [0.15, 0.2) is 0 Å². The van der Waals surface area contributed by atoms with E-state index in [4.69, 9.17) is 0 Å². The van der Waals surface area contributed by atoms with Gasteiger partial charge in [-0.15, -0.1) is 0 Å². The van der Waals surface area contributed by atoms with Crippen molar-refractivity contribution in [3.05, 3.63) is 0 Å². The summed E-state index contributed by atoms with van der Waals surface area (Å²) in [5, 5.41) is 4.32. The summed E-state index contributed by atoms with van der Waals surface area (Å²) in [5.74, 6) is 0. The summed E-state index contributed by atoms with van der Waals surface area (Å²) >= 11 is 1.97. The highest BCUT2D eigenvalue weighted by molar-refractivity contribution is 7.99. The molecule has 1 aliphatic rings. The fourth-order valence-corrected chi connectivity index (χ4v) is 2.13. The highest BCUT2D eigenvalue weighted by Gasteiger charge is 2.18. The van der Waals surface area contributed by atoms with Crippen molar-refractivity contribution in [1.29, 1.82) is 0 Å². The SMILES string of the molecule is CCC1CN(CC(C)SC)CCN1. The minimum absolute atomic E-state index is 0.725. The van der Waals surface area contributed by atoms with Gasteiger partial charge in [-0.3, -0.25) is 4.90 Å². The van der Waals surface area contributed by atoms with E-state index in [0.29, 0.717) is 0 Å². The Labute approximate surface area is 86.5 Å². The van der Waals surface area contributed by atoms with Gasteiger partial charge in [0, 0.05) is 37.5 Å². The first-order valence-corrected chi connectivity index (χ1v) is 6.53. The van der Waals surface area contributed by atoms with Crippen LogP contribution in [0, 0.1) is 0 Å². The van der Waals surface area contributed by atoms with Gasteiger partial charge in [-0.1, -0.05) is 13.8 Å². The summed E-state index contributed by atoms with van der Waals surface area (Å²) in [6.07, 6.45) is 3.45. The number of hydrogen-bond acceptors (Lipinski definition) is 3. The molecule has 78 valence electrons. The molecule has 3 heteroatoms. The molecule has 0 aromatic heterocycles. The molecule has 1 rings (SSSR count). The van der Waals surface area contributed by atoms with Crippen molar-refractivity contribution in [1.82, 2.24) is 10.2 Å². The van der Waals surface area contributed by atoms with Crippen LogP contribution in [0.25, 0.3) is 0 Å². The number of thioether (sulfide) groups is 1. The fraction of sp³-hybridized carbons (Fsp3) is 1.00. The smallest absolute Gasteiger partial charge is 0.0192 e. The topological polar surface area (TPSA) is 15.3 Å². The van der Waals surface area contributed by atoms with Gasteiger partial charge >= 0.3 is 0 Å². The number of hydrogen-bond donors (Lipinski definition) is 1. The predicted molar refractivity (Wildman–Crippen MR) is 61.5 cm³/mol. The van der Waals surface area contributed by atoms with Crippen molar-refractivity contribution < 1.29 is 0 Å². The number of nitrogens with zero attached hydrogens (tertiary/aromatic N) is 1. The molecule has 0 spiro atoms. The average Bonchev–Trinajstić information content (AvgIpc) is 2.18. The Morgan fingerprint density at radius 2 is 2.38 bits per heavy atom. The van der Waals surface area contributed by atoms with Gasteiger partial charge in [0.2, 0.25) is 0 Å². The molecule has 1 aliphatic heterocycles. The van der Waals surface area contributed by atoms with Crippen molar-refractivity contribution in [3.8, 4) is 0 Å². The molecule has 1 fully saturated rings. The Balaban J connectivity index is 2.25. The van der Waals surface area contributed by atoms with Gasteiger partial charge in [-0.25, -0.2) is 0 Å². The van der Waals surface area contributed by atoms with E-state index in [0.717, 1.165) is 11.3 Å². The molecule has 0 radical (unpaired) electrons. The van der Waals surface area contributed by atoms with E-state index in [1.807, 2.05) is 11.8 Å². The fourth-order valence-electron chi connectivity index (χ4n) is 1.77. The quantitative estimate of drug-likeness (QED) is 0.742. The van der Waals surface area contributed by atoms with Gasteiger partial charge in [0.1, 0.15) is 0 Å². The zero-order valence-corrected chi connectivity index (χ0v) is 9.86. The van der Waals surface area contributed by atoms with Crippen LogP contribution >= 0.6 is 11.8 Å². The summed E-state index contributed by atoms with van der Waals surface area (Å²) < 4.78 is 0. The Morgan fingerprint density at radius 1 is 1.62 bits per heavy atom. The first-order chi connectivity index (χ1) is 6.26. The van der Waals surface area contributed by atoms with Gasteiger partial charge in [-0.05, 0) is 12.7 Å². The molecule has 0 aliphatic carbocycles. The van der Waals surface area contributed by atoms with Crippen LogP contribution in [0.3, 0.4) is 0 Å². The molecule has 1 saturated heterocycles. The molecule has 2 nitrogen and oxygen atoms in total. The van der Waals surface area contributed by atoms with E-state index in [1.54, 1.807) is 0 Å². The molecule has 1 N–H and O–H groups in total. The standard InChI is InChI=1S/C10H22N2S/c1-4-10-8-12(6-5-11-10)7-9(2)13-3/h9-11H,4-8H2,1-3H3. The Kier molecular flexibility index (Phi) is 5.14. The van der Waals surface area contributed by atoms with Crippen LogP contribution in [0.15, 0.2) is 0 Å². The van der Waals surface area contributed by atoms with Crippen LogP contribution in [0.1, 0.15) is 20.3 Å². The third-order valence-electron chi connectivity index (χ3n) is 2.75. The van der Waals surface area contributed by atoms with Crippen molar-refractivity contribution in [2.75, 3.05) is 32.4 Å². The Hall–Kier alpha value is 0.270. The van der Waals surface area contributed by atoms with Crippen LogP contribution in [0.5, 0.6) is 0 Å². The summed E-state index contributed by atoms with van der Waals surface area (Å²) in [6.45, 7) is 9.45. The predicted octanol–water partition coefficient (Wildman–Crippen LogP) is 1.42. The molecule has 0 aromatic carbocycles. The molecule has 0 aromatic rings. The third kappa shape index (κ3) is 3.88. The van der Waals surface area contributed by atoms with Crippen molar-refractivity contribution in [2.45, 2.75) is 31.6 Å². The second kappa shape index (κ2) is 5.89. The Bertz CT molecular complexity index is 139. The van der Waals surface area contributed by atoms with Crippen molar-refractivity contribution in [2.24, 2.45) is 0 Å². The first-order valence-electron chi connectivity index (χ1n) is 5.24. The molecule has 2 unspecified atom stereocenters. The number of piperazine rings is 1. The minimum Gasteiger partial charge on any atom is -0.311 e. The van der Waals surface area contributed by atoms with E-state index in [9.17, 15) is 0 Å². The lowest BCUT2D eigenvalue weighted by atomic mass is 10.1. The molecule has 2 atom stereocenters. The van der Waals surface area contributed by atoms with E-state index in [1.165, 1.54) is 32.6 Å². The average molecular weight is 202 g/mol. The van der Waals surface area contributed by atoms with E-state index < -0.39 is 0 Å². The molecule has 0 amide bonds.